The Hall–Kier alpha value is -4.40. The minimum atomic E-state index is -4.75. The third-order valence-electron chi connectivity index (χ3n) is 7.52. The van der Waals surface area contributed by atoms with Gasteiger partial charge in [0, 0.05) is 42.7 Å². The standard InChI is InChI=1S/C32H30F3N7O2S2/c1-19-15-25-17-46-31(42(25)28-16-24(40(3)4)11-14-27(19)28)37-30(45)39-44-20(2)21-5-7-22(8-6-21)29-36-18-41(38-29)23-9-12-26(13-10-23)43-32(33,34)35/h5-16,18-20H,17H2,1-4H3,(H,39,45). The minimum absolute atomic E-state index is 0.226. The molecule has 0 spiro atoms. The summed E-state index contributed by atoms with van der Waals surface area (Å²) in [6.45, 7) is 4.10. The topological polar surface area (TPSA) is 80.0 Å². The van der Waals surface area contributed by atoms with Crippen molar-refractivity contribution in [1.29, 1.82) is 0 Å². The number of ether oxygens (including phenoxy) is 1. The molecule has 1 saturated heterocycles. The molecule has 2 aliphatic rings. The summed E-state index contributed by atoms with van der Waals surface area (Å²) in [5.41, 5.74) is 9.69. The van der Waals surface area contributed by atoms with Crippen LogP contribution in [0.2, 0.25) is 0 Å². The SMILES string of the molecule is CC1C=C2CSC(=NC(=S)NOC(C)c3ccc(-c4ncn(-c5ccc(OC(F)(F)F)cc5)n4)cc3)N2c2cc(N(C)C)ccc21. The largest absolute Gasteiger partial charge is 0.573 e. The number of alkyl halides is 3. The lowest BCUT2D eigenvalue weighted by molar-refractivity contribution is -0.274. The zero-order valence-corrected chi connectivity index (χ0v) is 27.0. The first-order valence-corrected chi connectivity index (χ1v) is 15.7. The van der Waals surface area contributed by atoms with E-state index in [0.29, 0.717) is 17.4 Å². The Morgan fingerprint density at radius 1 is 1.11 bits per heavy atom. The summed E-state index contributed by atoms with van der Waals surface area (Å²) < 4.78 is 42.7. The molecule has 2 unspecified atom stereocenters. The molecule has 1 fully saturated rings. The van der Waals surface area contributed by atoms with Crippen molar-refractivity contribution in [2.45, 2.75) is 32.2 Å². The third-order valence-corrected chi connectivity index (χ3v) is 8.66. The highest BCUT2D eigenvalue weighted by Gasteiger charge is 2.33. The van der Waals surface area contributed by atoms with Crippen molar-refractivity contribution in [1.82, 2.24) is 20.2 Å². The van der Waals surface area contributed by atoms with Crippen LogP contribution in [0, 0.1) is 0 Å². The average molecular weight is 666 g/mol. The van der Waals surface area contributed by atoms with E-state index in [9.17, 15) is 13.2 Å². The van der Waals surface area contributed by atoms with Crippen LogP contribution < -0.4 is 20.0 Å². The zero-order chi connectivity index (χ0) is 32.6. The number of nitrogens with zero attached hydrogens (tertiary/aromatic N) is 6. The lowest BCUT2D eigenvalue weighted by Gasteiger charge is -2.31. The number of rotatable bonds is 7. The molecule has 2 atom stereocenters. The van der Waals surface area contributed by atoms with E-state index in [-0.39, 0.29) is 17.0 Å². The zero-order valence-electron chi connectivity index (χ0n) is 25.3. The number of thioether (sulfide) groups is 1. The number of fused-ring (bicyclic) bond motifs is 3. The number of hydrogen-bond donors (Lipinski definition) is 1. The Morgan fingerprint density at radius 3 is 2.54 bits per heavy atom. The summed E-state index contributed by atoms with van der Waals surface area (Å²) in [6.07, 6.45) is -1.33. The fraction of sp³-hybridized carbons (Fsp3) is 0.250. The molecule has 0 amide bonds. The molecule has 4 aromatic rings. The number of hydrogen-bond acceptors (Lipinski definition) is 7. The summed E-state index contributed by atoms with van der Waals surface area (Å²) in [7, 11) is 4.06. The maximum Gasteiger partial charge on any atom is 0.573 e. The van der Waals surface area contributed by atoms with Crippen molar-refractivity contribution >= 4 is 45.6 Å². The molecule has 1 aromatic heterocycles. The van der Waals surface area contributed by atoms with Gasteiger partial charge >= 0.3 is 6.36 Å². The maximum absolute atomic E-state index is 12.4. The van der Waals surface area contributed by atoms with Gasteiger partial charge in [0.05, 0.1) is 11.4 Å². The molecule has 2 aliphatic heterocycles. The fourth-order valence-electron chi connectivity index (χ4n) is 5.16. The van der Waals surface area contributed by atoms with E-state index < -0.39 is 6.36 Å². The Morgan fingerprint density at radius 2 is 1.85 bits per heavy atom. The predicted molar refractivity (Wildman–Crippen MR) is 178 cm³/mol. The lowest BCUT2D eigenvalue weighted by atomic mass is 9.93. The molecule has 0 saturated carbocycles. The first-order valence-electron chi connectivity index (χ1n) is 14.3. The molecule has 0 bridgehead atoms. The van der Waals surface area contributed by atoms with Gasteiger partial charge in [-0.25, -0.2) is 15.1 Å². The van der Waals surface area contributed by atoms with Crippen LogP contribution in [-0.2, 0) is 4.84 Å². The van der Waals surface area contributed by atoms with Gasteiger partial charge in [0.15, 0.2) is 11.0 Å². The van der Waals surface area contributed by atoms with E-state index in [0.717, 1.165) is 33.4 Å². The molecular weight excluding hydrogens is 636 g/mol. The molecular formula is C32H30F3N7O2S2. The number of benzene rings is 3. The Labute approximate surface area is 273 Å². The Bertz CT molecular complexity index is 1810. The summed E-state index contributed by atoms with van der Waals surface area (Å²) in [4.78, 5) is 19.2. The second-order valence-corrected chi connectivity index (χ2v) is 12.3. The van der Waals surface area contributed by atoms with Gasteiger partial charge in [0.2, 0.25) is 5.11 Å². The van der Waals surface area contributed by atoms with Crippen LogP contribution in [0.4, 0.5) is 24.5 Å². The second-order valence-electron chi connectivity index (χ2n) is 10.9. The molecule has 6 rings (SSSR count). The summed E-state index contributed by atoms with van der Waals surface area (Å²) >= 11 is 7.17. The number of allylic oxidation sites excluding steroid dienone is 1. The maximum atomic E-state index is 12.4. The minimum Gasteiger partial charge on any atom is -0.406 e. The molecule has 1 N–H and O–H groups in total. The van der Waals surface area contributed by atoms with Crippen LogP contribution in [-0.4, -0.2) is 51.3 Å². The normalized spacial score (nSPS) is 17.3. The van der Waals surface area contributed by atoms with Crippen LogP contribution in [0.1, 0.15) is 37.0 Å². The van der Waals surface area contributed by atoms with Crippen molar-refractivity contribution in [3.63, 3.8) is 0 Å². The van der Waals surface area contributed by atoms with Crippen LogP contribution >= 0.6 is 24.0 Å². The van der Waals surface area contributed by atoms with Gasteiger partial charge in [-0.15, -0.1) is 18.3 Å². The number of aromatic nitrogens is 3. The van der Waals surface area contributed by atoms with Gasteiger partial charge < -0.3 is 9.64 Å². The highest BCUT2D eigenvalue weighted by atomic mass is 32.2. The average Bonchev–Trinajstić information content (AvgIpc) is 3.67. The number of nitrogens with one attached hydrogen (secondary N) is 1. The molecule has 9 nitrogen and oxygen atoms in total. The third kappa shape index (κ3) is 6.88. The van der Waals surface area contributed by atoms with Crippen LogP contribution in [0.3, 0.4) is 0 Å². The molecule has 238 valence electrons. The van der Waals surface area contributed by atoms with Crippen LogP contribution in [0.5, 0.6) is 5.75 Å². The first-order chi connectivity index (χ1) is 21.9. The van der Waals surface area contributed by atoms with Gasteiger partial charge in [-0.05, 0) is 66.7 Å². The van der Waals surface area contributed by atoms with Crippen molar-refractivity contribution in [2.24, 2.45) is 4.99 Å². The lowest BCUT2D eigenvalue weighted by Crippen LogP contribution is -2.30. The smallest absolute Gasteiger partial charge is 0.406 e. The first kappa shape index (κ1) is 31.6. The Balaban J connectivity index is 1.08. The molecule has 0 radical (unpaired) electrons. The number of hydroxylamine groups is 1. The van der Waals surface area contributed by atoms with Crippen LogP contribution in [0.15, 0.2) is 89.8 Å². The van der Waals surface area contributed by atoms with Crippen molar-refractivity contribution in [3.8, 4) is 22.8 Å². The van der Waals surface area contributed by atoms with E-state index >= 15 is 0 Å². The quantitative estimate of drug-likeness (QED) is 0.161. The van der Waals surface area contributed by atoms with E-state index in [4.69, 9.17) is 22.0 Å². The summed E-state index contributed by atoms with van der Waals surface area (Å²) in [5.74, 6) is 1.28. The molecule has 14 heteroatoms. The van der Waals surface area contributed by atoms with Crippen molar-refractivity contribution in [2.75, 3.05) is 29.6 Å². The van der Waals surface area contributed by atoms with Gasteiger partial charge in [-0.3, -0.25) is 9.74 Å². The number of anilines is 2. The van der Waals surface area contributed by atoms with Crippen LogP contribution in [0.25, 0.3) is 17.1 Å². The number of thiocarbonyl (C=S) groups is 1. The molecule has 0 aliphatic carbocycles. The number of halogens is 3. The summed E-state index contributed by atoms with van der Waals surface area (Å²) in [6, 6.07) is 19.4. The monoisotopic (exact) mass is 665 g/mol. The van der Waals surface area contributed by atoms with Gasteiger partial charge in [0.1, 0.15) is 18.2 Å². The van der Waals surface area contributed by atoms with Crippen molar-refractivity contribution in [3.05, 3.63) is 96.0 Å². The Kier molecular flexibility index (Phi) is 8.77. The molecule has 46 heavy (non-hydrogen) atoms. The van der Waals surface area contributed by atoms with Gasteiger partial charge in [0.25, 0.3) is 0 Å². The highest BCUT2D eigenvalue weighted by Crippen LogP contribution is 2.44. The molecule has 3 aromatic carbocycles. The van der Waals surface area contributed by atoms with E-state index in [2.05, 4.69) is 61.3 Å². The number of amidine groups is 1. The van der Waals surface area contributed by atoms with Crippen molar-refractivity contribution < 1.29 is 22.7 Å². The van der Waals surface area contributed by atoms with Gasteiger partial charge in [-0.2, -0.15) is 4.99 Å². The predicted octanol–water partition coefficient (Wildman–Crippen LogP) is 7.38. The van der Waals surface area contributed by atoms with E-state index in [1.54, 1.807) is 11.8 Å². The van der Waals surface area contributed by atoms with E-state index in [1.807, 2.05) is 45.3 Å². The summed E-state index contributed by atoms with van der Waals surface area (Å²) in [5, 5.41) is 5.48. The van der Waals surface area contributed by atoms with Gasteiger partial charge in [-0.1, -0.05) is 55.1 Å². The number of aliphatic imine (C=N–C) groups is 1. The second kappa shape index (κ2) is 12.8. The highest BCUT2D eigenvalue weighted by molar-refractivity contribution is 8.14. The molecule has 3 heterocycles. The fourth-order valence-corrected chi connectivity index (χ4v) is 6.36. The van der Waals surface area contributed by atoms with E-state index in [1.165, 1.54) is 46.5 Å².